The second-order valence-electron chi connectivity index (χ2n) is 6.96. The Labute approximate surface area is 160 Å². The Balaban J connectivity index is 2.02. The molecule has 0 bridgehead atoms. The molecular formula is C19H16ClF3O3S. The summed E-state index contributed by atoms with van der Waals surface area (Å²) in [4.78, 5) is -0.0641. The minimum atomic E-state index is -4.19. The van der Waals surface area contributed by atoms with E-state index in [0.717, 1.165) is 12.1 Å². The highest BCUT2D eigenvalue weighted by atomic mass is 35.5. The zero-order valence-corrected chi connectivity index (χ0v) is 15.7. The van der Waals surface area contributed by atoms with Gasteiger partial charge in [0.05, 0.1) is 17.1 Å². The molecule has 4 rings (SSSR count). The highest BCUT2D eigenvalue weighted by Gasteiger charge is 2.59. The normalized spacial score (nSPS) is 27.4. The maximum atomic E-state index is 14.8. The van der Waals surface area contributed by atoms with E-state index in [1.165, 1.54) is 24.3 Å². The first-order valence-electron chi connectivity index (χ1n) is 8.53. The van der Waals surface area contributed by atoms with Crippen molar-refractivity contribution in [1.29, 1.82) is 0 Å². The molecule has 1 fully saturated rings. The standard InChI is InChI=1S/C19H16ClF3O3S/c20-12-1-3-14(4-2-12)27(24,25)19-8-7-13(21)9-11(19)10-26-18-16(23)6-5-15(22)17(18)19/h1-6,11,13H,7-10H2. The molecular weight excluding hydrogens is 401 g/mol. The third-order valence-electron chi connectivity index (χ3n) is 5.54. The van der Waals surface area contributed by atoms with Gasteiger partial charge in [0.1, 0.15) is 16.7 Å². The Morgan fingerprint density at radius 1 is 1.07 bits per heavy atom. The molecule has 0 radical (unpaired) electrons. The molecule has 1 saturated carbocycles. The number of rotatable bonds is 2. The number of halogens is 4. The van der Waals surface area contributed by atoms with Gasteiger partial charge in [0.25, 0.3) is 0 Å². The summed E-state index contributed by atoms with van der Waals surface area (Å²) in [5.41, 5.74) is -0.333. The van der Waals surface area contributed by atoms with Gasteiger partial charge in [-0.1, -0.05) is 11.6 Å². The molecule has 0 aromatic heterocycles. The predicted octanol–water partition coefficient (Wildman–Crippen LogP) is 4.82. The van der Waals surface area contributed by atoms with Crippen LogP contribution in [-0.2, 0) is 14.6 Å². The van der Waals surface area contributed by atoms with Crippen molar-refractivity contribution in [2.75, 3.05) is 6.61 Å². The van der Waals surface area contributed by atoms with Crippen molar-refractivity contribution < 1.29 is 26.3 Å². The molecule has 1 aliphatic carbocycles. The molecule has 0 saturated heterocycles. The Bertz CT molecular complexity index is 994. The third-order valence-corrected chi connectivity index (χ3v) is 8.39. The molecule has 0 amide bonds. The van der Waals surface area contributed by atoms with Crippen LogP contribution in [0.1, 0.15) is 24.8 Å². The first kappa shape index (κ1) is 18.6. The van der Waals surface area contributed by atoms with Gasteiger partial charge >= 0.3 is 0 Å². The van der Waals surface area contributed by atoms with E-state index in [1.54, 1.807) is 0 Å². The van der Waals surface area contributed by atoms with Crippen LogP contribution in [0, 0.1) is 17.6 Å². The number of sulfone groups is 1. The summed E-state index contributed by atoms with van der Waals surface area (Å²) in [6.45, 7) is -0.194. The van der Waals surface area contributed by atoms with Gasteiger partial charge in [-0.3, -0.25) is 0 Å². The van der Waals surface area contributed by atoms with Gasteiger partial charge in [-0.15, -0.1) is 0 Å². The number of hydrogen-bond acceptors (Lipinski definition) is 3. The minimum Gasteiger partial charge on any atom is -0.490 e. The minimum absolute atomic E-state index is 0.0568. The zero-order chi connectivity index (χ0) is 19.4. The summed E-state index contributed by atoms with van der Waals surface area (Å²) in [6.07, 6.45) is -1.52. The SMILES string of the molecule is O=S(=O)(c1ccc(Cl)cc1)C12CCC(F)CC1COc1c(F)ccc(F)c12. The van der Waals surface area contributed by atoms with Gasteiger partial charge in [-0.25, -0.2) is 21.6 Å². The van der Waals surface area contributed by atoms with Crippen LogP contribution in [0.4, 0.5) is 13.2 Å². The Kier molecular flexibility index (Phi) is 4.42. The highest BCUT2D eigenvalue weighted by molar-refractivity contribution is 7.92. The second kappa shape index (κ2) is 6.41. The van der Waals surface area contributed by atoms with Crippen LogP contribution in [0.2, 0.25) is 5.02 Å². The van der Waals surface area contributed by atoms with Crippen molar-refractivity contribution in [2.45, 2.75) is 35.1 Å². The van der Waals surface area contributed by atoms with Gasteiger partial charge < -0.3 is 4.74 Å². The van der Waals surface area contributed by atoms with E-state index in [2.05, 4.69) is 0 Å². The van der Waals surface area contributed by atoms with Crippen molar-refractivity contribution in [3.05, 3.63) is 58.6 Å². The maximum absolute atomic E-state index is 14.8. The number of benzene rings is 2. The number of fused-ring (bicyclic) bond motifs is 3. The molecule has 2 aromatic rings. The monoisotopic (exact) mass is 416 g/mol. The summed E-state index contributed by atoms with van der Waals surface area (Å²) in [5, 5.41) is 0.347. The molecule has 8 heteroatoms. The Morgan fingerprint density at radius 2 is 1.74 bits per heavy atom. The summed E-state index contributed by atoms with van der Waals surface area (Å²) < 4.78 is 74.2. The van der Waals surface area contributed by atoms with Crippen molar-refractivity contribution >= 4 is 21.4 Å². The molecule has 0 spiro atoms. The van der Waals surface area contributed by atoms with E-state index >= 15 is 0 Å². The van der Waals surface area contributed by atoms with Crippen molar-refractivity contribution in [1.82, 2.24) is 0 Å². The average Bonchev–Trinajstić information content (AvgIpc) is 2.64. The molecule has 3 unspecified atom stereocenters. The summed E-state index contributed by atoms with van der Waals surface area (Å²) >= 11 is 5.86. The van der Waals surface area contributed by atoms with Crippen molar-refractivity contribution in [2.24, 2.45) is 5.92 Å². The molecule has 3 atom stereocenters. The summed E-state index contributed by atoms with van der Waals surface area (Å²) in [5.74, 6) is -2.93. The topological polar surface area (TPSA) is 43.4 Å². The molecule has 1 aliphatic heterocycles. The quantitative estimate of drug-likeness (QED) is 0.705. The molecule has 2 aromatic carbocycles. The Hall–Kier alpha value is -1.73. The van der Waals surface area contributed by atoms with Gasteiger partial charge in [-0.05, 0) is 55.7 Å². The van der Waals surface area contributed by atoms with E-state index in [9.17, 15) is 21.6 Å². The van der Waals surface area contributed by atoms with Crippen molar-refractivity contribution in [3.63, 3.8) is 0 Å². The van der Waals surface area contributed by atoms with E-state index in [0.29, 0.717) is 5.02 Å². The Morgan fingerprint density at radius 3 is 2.44 bits per heavy atom. The third kappa shape index (κ3) is 2.66. The number of alkyl halides is 1. The smallest absolute Gasteiger partial charge is 0.188 e. The average molecular weight is 417 g/mol. The lowest BCUT2D eigenvalue weighted by molar-refractivity contribution is 0.0818. The van der Waals surface area contributed by atoms with Gasteiger partial charge in [-0.2, -0.15) is 0 Å². The van der Waals surface area contributed by atoms with E-state index in [-0.39, 0.29) is 36.3 Å². The largest absolute Gasteiger partial charge is 0.490 e. The van der Waals surface area contributed by atoms with Gasteiger partial charge in [0.2, 0.25) is 0 Å². The van der Waals surface area contributed by atoms with Crippen LogP contribution in [0.25, 0.3) is 0 Å². The van der Waals surface area contributed by atoms with Crippen LogP contribution in [0.15, 0.2) is 41.3 Å². The van der Waals surface area contributed by atoms with Crippen LogP contribution in [0.5, 0.6) is 5.75 Å². The molecule has 2 aliphatic rings. The van der Waals surface area contributed by atoms with Crippen molar-refractivity contribution in [3.8, 4) is 5.75 Å². The van der Waals surface area contributed by atoms with Crippen LogP contribution >= 0.6 is 11.6 Å². The molecule has 3 nitrogen and oxygen atoms in total. The summed E-state index contributed by atoms with van der Waals surface area (Å²) in [7, 11) is -4.19. The van der Waals surface area contributed by atoms with Gasteiger partial charge in [0.15, 0.2) is 21.4 Å². The number of hydrogen-bond donors (Lipinski definition) is 0. The number of ether oxygens (including phenoxy) is 1. The lowest BCUT2D eigenvalue weighted by Crippen LogP contribution is -2.52. The fourth-order valence-electron chi connectivity index (χ4n) is 4.29. The highest BCUT2D eigenvalue weighted by Crippen LogP contribution is 2.56. The first-order chi connectivity index (χ1) is 12.8. The van der Waals surface area contributed by atoms with E-state index < -0.39 is 44.1 Å². The lowest BCUT2D eigenvalue weighted by atomic mass is 9.72. The van der Waals surface area contributed by atoms with Crippen LogP contribution < -0.4 is 4.74 Å². The van der Waals surface area contributed by atoms with E-state index in [4.69, 9.17) is 16.3 Å². The first-order valence-corrected chi connectivity index (χ1v) is 10.4. The van der Waals surface area contributed by atoms with Crippen LogP contribution in [0.3, 0.4) is 0 Å². The fraction of sp³-hybridized carbons (Fsp3) is 0.368. The van der Waals surface area contributed by atoms with Crippen LogP contribution in [-0.4, -0.2) is 21.2 Å². The fourth-order valence-corrected chi connectivity index (χ4v) is 6.78. The maximum Gasteiger partial charge on any atom is 0.188 e. The molecule has 144 valence electrons. The second-order valence-corrected chi connectivity index (χ2v) is 9.60. The predicted molar refractivity (Wildman–Crippen MR) is 94.4 cm³/mol. The lowest BCUT2D eigenvalue weighted by Gasteiger charge is -2.47. The van der Waals surface area contributed by atoms with Gasteiger partial charge in [0, 0.05) is 10.9 Å². The molecule has 27 heavy (non-hydrogen) atoms. The zero-order valence-electron chi connectivity index (χ0n) is 14.1. The summed E-state index contributed by atoms with van der Waals surface area (Å²) in [6, 6.07) is 7.29. The molecule has 0 N–H and O–H groups in total. The molecule has 1 heterocycles. The van der Waals surface area contributed by atoms with E-state index in [1.807, 2.05) is 0 Å².